The van der Waals surface area contributed by atoms with Crippen molar-refractivity contribution in [1.29, 1.82) is 0 Å². The van der Waals surface area contributed by atoms with Crippen molar-refractivity contribution in [2.45, 2.75) is 115 Å². The maximum Gasteiger partial charge on any atom is 0.508 e. The first kappa shape index (κ1) is 26.6. The molecule has 1 aliphatic carbocycles. The number of rotatable bonds is 20. The second-order valence-electron chi connectivity index (χ2n) is 8.50. The molecule has 0 aromatic carbocycles. The van der Waals surface area contributed by atoms with Crippen molar-refractivity contribution in [3.63, 3.8) is 0 Å². The van der Waals surface area contributed by atoms with Gasteiger partial charge in [-0.3, -0.25) is 0 Å². The first-order valence-corrected chi connectivity index (χ1v) is 14.1. The van der Waals surface area contributed by atoms with E-state index in [-0.39, 0.29) is 5.54 Å². The Balaban J connectivity index is 2.12. The molecule has 1 rings (SSSR count). The first-order chi connectivity index (χ1) is 14.2. The molecule has 0 radical (unpaired) electrons. The van der Waals surface area contributed by atoms with E-state index in [0.717, 1.165) is 12.8 Å². The molecule has 0 amide bonds. The van der Waals surface area contributed by atoms with Crippen molar-refractivity contribution in [2.24, 2.45) is 0 Å². The molecule has 29 heavy (non-hydrogen) atoms. The Morgan fingerprint density at radius 3 is 1.55 bits per heavy atom. The summed E-state index contributed by atoms with van der Waals surface area (Å²) in [5, 5.41) is 0. The van der Waals surface area contributed by atoms with Crippen LogP contribution in [0.4, 0.5) is 0 Å². The topological polar surface area (TPSA) is 27.7 Å². The van der Waals surface area contributed by atoms with E-state index in [9.17, 15) is 0 Å². The molecule has 0 heterocycles. The maximum atomic E-state index is 5.80. The highest BCUT2D eigenvalue weighted by atomic mass is 28.4. The van der Waals surface area contributed by atoms with Gasteiger partial charge in [0.1, 0.15) is 0 Å². The van der Waals surface area contributed by atoms with Crippen LogP contribution in [0.3, 0.4) is 0 Å². The molecule has 1 unspecified atom stereocenters. The molecule has 4 heteroatoms. The molecule has 0 saturated carbocycles. The third-order valence-electron chi connectivity index (χ3n) is 6.33. The maximum absolute atomic E-state index is 5.80. The Bertz CT molecular complexity index is 435. The minimum atomic E-state index is -2.64. The highest BCUT2D eigenvalue weighted by molar-refractivity contribution is 6.63. The van der Waals surface area contributed by atoms with Crippen LogP contribution in [0.15, 0.2) is 23.8 Å². The van der Waals surface area contributed by atoms with E-state index < -0.39 is 8.80 Å². The summed E-state index contributed by atoms with van der Waals surface area (Å²) < 4.78 is 17.4. The van der Waals surface area contributed by atoms with Crippen molar-refractivity contribution < 1.29 is 13.3 Å². The van der Waals surface area contributed by atoms with Crippen LogP contribution in [-0.2, 0) is 13.3 Å². The van der Waals surface area contributed by atoms with Gasteiger partial charge in [0.15, 0.2) is 0 Å². The predicted molar refractivity (Wildman–Crippen MR) is 127 cm³/mol. The molecule has 0 spiro atoms. The van der Waals surface area contributed by atoms with Crippen LogP contribution >= 0.6 is 0 Å². The summed E-state index contributed by atoms with van der Waals surface area (Å²) in [5.41, 5.74) is 1.61. The fraction of sp³-hybridized carbons (Fsp3) is 0.840. The number of hydrogen-bond acceptors (Lipinski definition) is 3. The monoisotopic (exact) mass is 424 g/mol. The summed E-state index contributed by atoms with van der Waals surface area (Å²) >= 11 is 0. The molecule has 1 atom stereocenters. The molecular weight excluding hydrogens is 376 g/mol. The average molecular weight is 425 g/mol. The van der Waals surface area contributed by atoms with Gasteiger partial charge in [-0.2, -0.15) is 0 Å². The molecule has 0 N–H and O–H groups in total. The number of allylic oxidation sites excluding steroid dienone is 4. The van der Waals surface area contributed by atoms with Gasteiger partial charge in [0, 0.05) is 21.3 Å². The highest BCUT2D eigenvalue weighted by Crippen LogP contribution is 2.38. The van der Waals surface area contributed by atoms with Crippen LogP contribution in [-0.4, -0.2) is 30.1 Å². The molecule has 1 aliphatic rings. The van der Waals surface area contributed by atoms with Gasteiger partial charge in [-0.1, -0.05) is 115 Å². The lowest BCUT2D eigenvalue weighted by atomic mass is 10.0. The Labute approximate surface area is 182 Å². The Morgan fingerprint density at radius 2 is 1.17 bits per heavy atom. The zero-order valence-electron chi connectivity index (χ0n) is 19.8. The van der Waals surface area contributed by atoms with Gasteiger partial charge in [0.25, 0.3) is 0 Å². The fourth-order valence-corrected chi connectivity index (χ4v) is 7.04. The fourth-order valence-electron chi connectivity index (χ4n) is 4.50. The van der Waals surface area contributed by atoms with Crippen molar-refractivity contribution in [3.05, 3.63) is 23.8 Å². The molecule has 0 aromatic heterocycles. The Kier molecular flexibility index (Phi) is 15.9. The van der Waals surface area contributed by atoms with Crippen LogP contribution in [0.1, 0.15) is 110 Å². The number of unbranched alkanes of at least 4 members (excludes halogenated alkanes) is 13. The second kappa shape index (κ2) is 17.3. The molecule has 0 saturated heterocycles. The minimum absolute atomic E-state index is 0.263. The molecule has 0 aliphatic heterocycles. The molecule has 3 nitrogen and oxygen atoms in total. The molecule has 0 aromatic rings. The van der Waals surface area contributed by atoms with Crippen LogP contribution < -0.4 is 0 Å². The third kappa shape index (κ3) is 10.4. The normalized spacial score (nSPS) is 15.1. The van der Waals surface area contributed by atoms with Crippen LogP contribution in [0, 0.1) is 0 Å². The van der Waals surface area contributed by atoms with Gasteiger partial charge in [-0.25, -0.2) is 0 Å². The van der Waals surface area contributed by atoms with E-state index in [2.05, 4.69) is 25.2 Å². The van der Waals surface area contributed by atoms with E-state index in [1.807, 2.05) is 0 Å². The van der Waals surface area contributed by atoms with Crippen LogP contribution in [0.25, 0.3) is 0 Å². The summed E-state index contributed by atoms with van der Waals surface area (Å²) in [4.78, 5) is 0. The van der Waals surface area contributed by atoms with Gasteiger partial charge in [-0.15, -0.1) is 0 Å². The summed E-state index contributed by atoms with van der Waals surface area (Å²) in [6.07, 6.45) is 28.3. The van der Waals surface area contributed by atoms with Crippen molar-refractivity contribution in [2.75, 3.05) is 21.3 Å². The number of hydrogen-bond donors (Lipinski definition) is 0. The molecular formula is C25H48O3Si. The van der Waals surface area contributed by atoms with Gasteiger partial charge >= 0.3 is 8.80 Å². The summed E-state index contributed by atoms with van der Waals surface area (Å²) in [6, 6.07) is 0. The Morgan fingerprint density at radius 1 is 0.724 bits per heavy atom. The lowest BCUT2D eigenvalue weighted by molar-refractivity contribution is 0.114. The van der Waals surface area contributed by atoms with E-state index in [1.54, 1.807) is 21.3 Å². The quantitative estimate of drug-likeness (QED) is 0.146. The van der Waals surface area contributed by atoms with Crippen molar-refractivity contribution in [1.82, 2.24) is 0 Å². The predicted octanol–water partition coefficient (Wildman–Crippen LogP) is 7.99. The van der Waals surface area contributed by atoms with Crippen molar-refractivity contribution in [3.8, 4) is 0 Å². The van der Waals surface area contributed by atoms with Gasteiger partial charge in [-0.05, 0) is 18.4 Å². The van der Waals surface area contributed by atoms with Gasteiger partial charge < -0.3 is 13.3 Å². The lowest BCUT2D eigenvalue weighted by Crippen LogP contribution is -2.48. The van der Waals surface area contributed by atoms with Gasteiger partial charge in [0.05, 0.1) is 5.54 Å². The summed E-state index contributed by atoms with van der Waals surface area (Å²) in [6.45, 7) is 2.29. The van der Waals surface area contributed by atoms with Gasteiger partial charge in [0.2, 0.25) is 0 Å². The van der Waals surface area contributed by atoms with E-state index >= 15 is 0 Å². The average Bonchev–Trinajstić information content (AvgIpc) is 3.28. The summed E-state index contributed by atoms with van der Waals surface area (Å²) in [5.74, 6) is 0. The Hall–Kier alpha value is -0.423. The first-order valence-electron chi connectivity index (χ1n) is 12.3. The highest BCUT2D eigenvalue weighted by Gasteiger charge is 2.48. The molecule has 170 valence electrons. The van der Waals surface area contributed by atoms with E-state index in [4.69, 9.17) is 13.3 Å². The standard InChI is InChI=1S/C25H48O3Si/c1-5-6-7-8-9-10-11-12-13-14-15-16-17-18-23-25(24-21-19-20-22-24)29(26-2,27-3)28-4/h19,21-22,25H,5-18,20,23H2,1-4H3. The van der Waals surface area contributed by atoms with E-state index in [1.165, 1.54) is 95.5 Å². The molecule has 0 bridgehead atoms. The third-order valence-corrected chi connectivity index (χ3v) is 9.51. The SMILES string of the molecule is CCCCCCCCCCCCCCCCC(C1=CCC=C1)[Si](OC)(OC)OC. The largest absolute Gasteiger partial charge is 0.508 e. The van der Waals surface area contributed by atoms with E-state index in [0.29, 0.717) is 0 Å². The van der Waals surface area contributed by atoms with Crippen molar-refractivity contribution >= 4 is 8.80 Å². The zero-order chi connectivity index (χ0) is 21.2. The van der Waals surface area contributed by atoms with Crippen LogP contribution in [0.2, 0.25) is 5.54 Å². The second-order valence-corrected chi connectivity index (χ2v) is 11.6. The summed E-state index contributed by atoms with van der Waals surface area (Å²) in [7, 11) is 2.56. The lowest BCUT2D eigenvalue weighted by Gasteiger charge is -2.33. The molecule has 0 fully saturated rings. The smallest absolute Gasteiger partial charge is 0.376 e. The minimum Gasteiger partial charge on any atom is -0.376 e. The van der Waals surface area contributed by atoms with Crippen LogP contribution in [0.5, 0.6) is 0 Å². The zero-order valence-corrected chi connectivity index (χ0v) is 20.8.